The Morgan fingerprint density at radius 2 is 1.64 bits per heavy atom. The summed E-state index contributed by atoms with van der Waals surface area (Å²) in [6.45, 7) is 7.71. The molecule has 25 heavy (non-hydrogen) atoms. The van der Waals surface area contributed by atoms with Crippen LogP contribution in [0.4, 0.5) is 5.13 Å². The van der Waals surface area contributed by atoms with E-state index in [0.717, 1.165) is 35.0 Å². The molecule has 0 N–H and O–H groups in total. The van der Waals surface area contributed by atoms with Gasteiger partial charge in [0.2, 0.25) is 0 Å². The van der Waals surface area contributed by atoms with Crippen LogP contribution in [-0.2, 0) is 0 Å². The number of para-hydroxylation sites is 1. The summed E-state index contributed by atoms with van der Waals surface area (Å²) in [6.07, 6.45) is 0. The third-order valence-corrected chi connectivity index (χ3v) is 5.37. The molecule has 130 valence electrons. The van der Waals surface area contributed by atoms with Gasteiger partial charge in [-0.25, -0.2) is 4.98 Å². The van der Waals surface area contributed by atoms with E-state index >= 15 is 0 Å². The maximum Gasteiger partial charge on any atom is 0.260 e. The van der Waals surface area contributed by atoms with E-state index in [2.05, 4.69) is 18.7 Å². The quantitative estimate of drug-likeness (QED) is 0.636. The van der Waals surface area contributed by atoms with E-state index < -0.39 is 0 Å². The molecule has 1 heterocycles. The second-order valence-electron chi connectivity index (χ2n) is 5.81. The van der Waals surface area contributed by atoms with Gasteiger partial charge in [-0.3, -0.25) is 9.69 Å². The van der Waals surface area contributed by atoms with Gasteiger partial charge in [-0.05, 0) is 37.4 Å². The van der Waals surface area contributed by atoms with Gasteiger partial charge in [0.15, 0.2) is 5.13 Å². The average molecular weight is 353 g/mol. The zero-order valence-electron chi connectivity index (χ0n) is 14.7. The number of thiazole rings is 1. The minimum atomic E-state index is 0.00631. The molecule has 3 aromatic rings. The molecular weight excluding hydrogens is 330 g/mol. The van der Waals surface area contributed by atoms with E-state index in [9.17, 15) is 4.79 Å². The van der Waals surface area contributed by atoms with Gasteiger partial charge in [-0.15, -0.1) is 0 Å². The Kier molecular flexibility index (Phi) is 5.79. The van der Waals surface area contributed by atoms with Crippen molar-refractivity contribution in [1.29, 1.82) is 0 Å². The number of carbonyl (C=O) groups excluding carboxylic acids is 1. The van der Waals surface area contributed by atoms with Crippen molar-refractivity contribution < 1.29 is 4.79 Å². The Labute approximate surface area is 152 Å². The minimum Gasteiger partial charge on any atom is -0.302 e. The summed E-state index contributed by atoms with van der Waals surface area (Å²) >= 11 is 1.57. The molecule has 0 saturated carbocycles. The number of hydrogen-bond donors (Lipinski definition) is 0. The molecule has 0 spiro atoms. The van der Waals surface area contributed by atoms with Crippen molar-refractivity contribution in [2.45, 2.75) is 13.8 Å². The number of fused-ring (bicyclic) bond motifs is 1. The number of carbonyl (C=O) groups is 1. The van der Waals surface area contributed by atoms with Crippen molar-refractivity contribution >= 4 is 32.6 Å². The van der Waals surface area contributed by atoms with Gasteiger partial charge in [0.25, 0.3) is 5.91 Å². The van der Waals surface area contributed by atoms with Crippen molar-refractivity contribution in [3.05, 3.63) is 60.2 Å². The van der Waals surface area contributed by atoms with Gasteiger partial charge in [0.1, 0.15) is 0 Å². The third kappa shape index (κ3) is 4.06. The number of likely N-dealkylation sites (N-methyl/N-ethyl adjacent to an activating group) is 1. The zero-order chi connectivity index (χ0) is 17.6. The standard InChI is InChI=1S/C20H23N3OS/c1-3-22(4-2)14-15-23(19(24)16-10-6-5-7-11-16)20-21-17-12-8-9-13-18(17)25-20/h5-13H,3-4,14-15H2,1-2H3. The van der Waals surface area contributed by atoms with Gasteiger partial charge in [0, 0.05) is 18.7 Å². The number of nitrogens with zero attached hydrogens (tertiary/aromatic N) is 3. The highest BCUT2D eigenvalue weighted by molar-refractivity contribution is 7.22. The molecule has 0 aliphatic rings. The van der Waals surface area contributed by atoms with Crippen LogP contribution in [-0.4, -0.2) is 42.0 Å². The number of anilines is 1. The lowest BCUT2D eigenvalue weighted by Gasteiger charge is -2.24. The fraction of sp³-hybridized carbons (Fsp3) is 0.300. The highest BCUT2D eigenvalue weighted by Crippen LogP contribution is 2.29. The van der Waals surface area contributed by atoms with Crippen LogP contribution in [0.1, 0.15) is 24.2 Å². The molecule has 0 unspecified atom stereocenters. The molecule has 1 aromatic heterocycles. The van der Waals surface area contributed by atoms with Crippen LogP contribution in [0.2, 0.25) is 0 Å². The van der Waals surface area contributed by atoms with Gasteiger partial charge in [-0.2, -0.15) is 0 Å². The summed E-state index contributed by atoms with van der Waals surface area (Å²) in [4.78, 5) is 21.9. The zero-order valence-corrected chi connectivity index (χ0v) is 15.5. The molecular formula is C20H23N3OS. The fourth-order valence-electron chi connectivity index (χ4n) is 2.78. The maximum atomic E-state index is 13.1. The van der Waals surface area contributed by atoms with Crippen LogP contribution in [0.5, 0.6) is 0 Å². The van der Waals surface area contributed by atoms with E-state index in [1.54, 1.807) is 11.3 Å². The molecule has 0 aliphatic heterocycles. The molecule has 0 radical (unpaired) electrons. The largest absolute Gasteiger partial charge is 0.302 e. The van der Waals surface area contributed by atoms with Crippen molar-refractivity contribution in [2.24, 2.45) is 0 Å². The predicted molar refractivity (Wildman–Crippen MR) is 106 cm³/mol. The smallest absolute Gasteiger partial charge is 0.260 e. The normalized spacial score (nSPS) is 11.2. The van der Waals surface area contributed by atoms with E-state index in [4.69, 9.17) is 4.98 Å². The predicted octanol–water partition coefficient (Wildman–Crippen LogP) is 4.28. The molecule has 0 bridgehead atoms. The Morgan fingerprint density at radius 1 is 0.960 bits per heavy atom. The number of benzene rings is 2. The summed E-state index contributed by atoms with van der Waals surface area (Å²) in [7, 11) is 0. The van der Waals surface area contributed by atoms with Crippen molar-refractivity contribution in [3.63, 3.8) is 0 Å². The number of rotatable bonds is 7. The topological polar surface area (TPSA) is 36.4 Å². The number of aromatic nitrogens is 1. The Bertz CT molecular complexity index is 794. The second-order valence-corrected chi connectivity index (χ2v) is 6.82. The first-order valence-corrected chi connectivity index (χ1v) is 9.49. The lowest BCUT2D eigenvalue weighted by atomic mass is 10.2. The van der Waals surface area contributed by atoms with Crippen molar-refractivity contribution in [3.8, 4) is 0 Å². The van der Waals surface area contributed by atoms with Crippen LogP contribution in [0.25, 0.3) is 10.2 Å². The molecule has 4 nitrogen and oxygen atoms in total. The maximum absolute atomic E-state index is 13.1. The Balaban J connectivity index is 1.91. The first-order chi connectivity index (χ1) is 12.2. The molecule has 5 heteroatoms. The van der Waals surface area contributed by atoms with Crippen LogP contribution < -0.4 is 4.90 Å². The number of hydrogen-bond acceptors (Lipinski definition) is 4. The molecule has 3 rings (SSSR count). The van der Waals surface area contributed by atoms with E-state index in [0.29, 0.717) is 12.1 Å². The molecule has 0 saturated heterocycles. The van der Waals surface area contributed by atoms with Crippen LogP contribution in [0.3, 0.4) is 0 Å². The van der Waals surface area contributed by atoms with E-state index in [1.807, 2.05) is 59.5 Å². The van der Waals surface area contributed by atoms with Crippen molar-refractivity contribution in [2.75, 3.05) is 31.1 Å². The molecule has 0 atom stereocenters. The van der Waals surface area contributed by atoms with Crippen LogP contribution in [0, 0.1) is 0 Å². The first-order valence-electron chi connectivity index (χ1n) is 8.67. The summed E-state index contributed by atoms with van der Waals surface area (Å²) in [5.74, 6) is 0.00631. The average Bonchev–Trinajstić information content (AvgIpc) is 3.09. The third-order valence-electron chi connectivity index (χ3n) is 4.31. The highest BCUT2D eigenvalue weighted by Gasteiger charge is 2.21. The second kappa shape index (κ2) is 8.23. The molecule has 1 amide bonds. The summed E-state index contributed by atoms with van der Waals surface area (Å²) in [5, 5.41) is 0.766. The minimum absolute atomic E-state index is 0.00631. The van der Waals surface area contributed by atoms with E-state index in [1.165, 1.54) is 0 Å². The highest BCUT2D eigenvalue weighted by atomic mass is 32.1. The van der Waals surface area contributed by atoms with Crippen molar-refractivity contribution in [1.82, 2.24) is 9.88 Å². The lowest BCUT2D eigenvalue weighted by molar-refractivity contribution is 0.0984. The Hall–Kier alpha value is -2.24. The fourth-order valence-corrected chi connectivity index (χ4v) is 3.77. The van der Waals surface area contributed by atoms with Gasteiger partial charge >= 0.3 is 0 Å². The van der Waals surface area contributed by atoms with Crippen LogP contribution >= 0.6 is 11.3 Å². The Morgan fingerprint density at radius 3 is 2.32 bits per heavy atom. The van der Waals surface area contributed by atoms with E-state index in [-0.39, 0.29) is 5.91 Å². The molecule has 0 aliphatic carbocycles. The van der Waals surface area contributed by atoms with Gasteiger partial charge < -0.3 is 4.90 Å². The SMILES string of the molecule is CCN(CC)CCN(C(=O)c1ccccc1)c1nc2ccccc2s1. The monoisotopic (exact) mass is 353 g/mol. The number of amides is 1. The van der Waals surface area contributed by atoms with Crippen LogP contribution in [0.15, 0.2) is 54.6 Å². The van der Waals surface area contributed by atoms with Gasteiger partial charge in [-0.1, -0.05) is 55.5 Å². The van der Waals surface area contributed by atoms with Gasteiger partial charge in [0.05, 0.1) is 10.2 Å². The lowest BCUT2D eigenvalue weighted by Crippen LogP contribution is -2.38. The summed E-state index contributed by atoms with van der Waals surface area (Å²) < 4.78 is 1.10. The molecule has 0 fully saturated rings. The summed E-state index contributed by atoms with van der Waals surface area (Å²) in [5.41, 5.74) is 1.64. The first kappa shape index (κ1) is 17.6. The molecule has 2 aromatic carbocycles. The summed E-state index contributed by atoms with van der Waals surface area (Å²) in [6, 6.07) is 17.5.